The Morgan fingerprint density at radius 3 is 1.42 bits per heavy atom. The molecule has 2 aromatic carbocycles. The van der Waals surface area contributed by atoms with Crippen molar-refractivity contribution in [2.75, 3.05) is 0 Å². The first-order valence-corrected chi connectivity index (χ1v) is 8.98. The van der Waals surface area contributed by atoms with E-state index in [0.29, 0.717) is 0 Å². The predicted molar refractivity (Wildman–Crippen MR) is 110 cm³/mol. The summed E-state index contributed by atoms with van der Waals surface area (Å²) in [6.45, 7) is 0. The van der Waals surface area contributed by atoms with E-state index in [9.17, 15) is 0 Å². The van der Waals surface area contributed by atoms with Crippen molar-refractivity contribution in [3.05, 3.63) is 70.8 Å². The van der Waals surface area contributed by atoms with Gasteiger partial charge in [-0.2, -0.15) is 0 Å². The minimum absolute atomic E-state index is 0.234. The molecular formula is C24H22N2. The van der Waals surface area contributed by atoms with Crippen LogP contribution in [0.25, 0.3) is 0 Å². The van der Waals surface area contributed by atoms with Crippen molar-refractivity contribution in [3.8, 4) is 24.7 Å². The molecule has 0 radical (unpaired) electrons. The first-order valence-electron chi connectivity index (χ1n) is 8.98. The molecule has 2 heteroatoms. The molecule has 0 saturated heterocycles. The van der Waals surface area contributed by atoms with E-state index < -0.39 is 0 Å². The van der Waals surface area contributed by atoms with Crippen molar-refractivity contribution in [2.24, 2.45) is 9.98 Å². The summed E-state index contributed by atoms with van der Waals surface area (Å²) in [5.74, 6) is 5.26. The van der Waals surface area contributed by atoms with E-state index in [1.165, 1.54) is 12.8 Å². The van der Waals surface area contributed by atoms with Crippen LogP contribution >= 0.6 is 0 Å². The van der Waals surface area contributed by atoms with Gasteiger partial charge in [0.2, 0.25) is 0 Å². The highest BCUT2D eigenvalue weighted by Gasteiger charge is 2.23. The Morgan fingerprint density at radius 2 is 1.08 bits per heavy atom. The standard InChI is InChI=1S/C24H22N2/c1-3-19-9-13-21(14-10-19)17-25-23-7-5-6-8-24(23)26-18-22-15-11-20(4-2)12-16-22/h1-2,9-18,23-24H,5-8H2/t23-,24-/m1/s1. The second kappa shape index (κ2) is 8.84. The van der Waals surface area contributed by atoms with Crippen LogP contribution in [-0.4, -0.2) is 24.5 Å². The summed E-state index contributed by atoms with van der Waals surface area (Å²) in [6, 6.07) is 16.3. The fourth-order valence-corrected chi connectivity index (χ4v) is 3.13. The Morgan fingerprint density at radius 1 is 0.692 bits per heavy atom. The third kappa shape index (κ3) is 4.71. The molecule has 1 saturated carbocycles. The van der Waals surface area contributed by atoms with Gasteiger partial charge in [-0.1, -0.05) is 48.9 Å². The number of rotatable bonds is 4. The molecule has 2 atom stereocenters. The topological polar surface area (TPSA) is 24.7 Å². The van der Waals surface area contributed by atoms with Crippen LogP contribution in [0.2, 0.25) is 0 Å². The number of hydrogen-bond acceptors (Lipinski definition) is 2. The molecule has 0 aliphatic heterocycles. The van der Waals surface area contributed by atoms with Gasteiger partial charge >= 0.3 is 0 Å². The van der Waals surface area contributed by atoms with E-state index in [4.69, 9.17) is 22.8 Å². The van der Waals surface area contributed by atoms with Crippen molar-refractivity contribution >= 4 is 12.4 Å². The molecule has 0 N–H and O–H groups in total. The van der Waals surface area contributed by atoms with Crippen molar-refractivity contribution in [1.82, 2.24) is 0 Å². The number of aliphatic imine (C=N–C) groups is 2. The summed E-state index contributed by atoms with van der Waals surface area (Å²) >= 11 is 0. The van der Waals surface area contributed by atoms with E-state index in [1.807, 2.05) is 61.0 Å². The highest BCUT2D eigenvalue weighted by molar-refractivity contribution is 5.81. The van der Waals surface area contributed by atoms with Gasteiger partial charge in [-0.25, -0.2) is 0 Å². The quantitative estimate of drug-likeness (QED) is 0.579. The molecule has 1 fully saturated rings. The Balaban J connectivity index is 1.68. The predicted octanol–water partition coefficient (Wildman–Crippen LogP) is 4.50. The van der Waals surface area contributed by atoms with Gasteiger partial charge in [0.25, 0.3) is 0 Å². The second-order valence-electron chi connectivity index (χ2n) is 6.51. The highest BCUT2D eigenvalue weighted by atomic mass is 14.9. The Kier molecular flexibility index (Phi) is 6.02. The van der Waals surface area contributed by atoms with Crippen molar-refractivity contribution in [1.29, 1.82) is 0 Å². The van der Waals surface area contributed by atoms with Crippen LogP contribution in [0.4, 0.5) is 0 Å². The van der Waals surface area contributed by atoms with E-state index in [1.54, 1.807) is 0 Å². The summed E-state index contributed by atoms with van der Waals surface area (Å²) in [7, 11) is 0. The van der Waals surface area contributed by atoms with E-state index in [-0.39, 0.29) is 12.1 Å². The molecule has 0 bridgehead atoms. The van der Waals surface area contributed by atoms with E-state index >= 15 is 0 Å². The van der Waals surface area contributed by atoms with Crippen LogP contribution in [0.1, 0.15) is 47.9 Å². The van der Waals surface area contributed by atoms with Gasteiger partial charge in [0.05, 0.1) is 12.1 Å². The molecule has 26 heavy (non-hydrogen) atoms. The average Bonchev–Trinajstić information content (AvgIpc) is 2.72. The SMILES string of the molecule is C#Cc1ccc(C=N[C@@H]2CCCC[C@H]2N=Cc2ccc(C#C)cc2)cc1. The van der Waals surface area contributed by atoms with Crippen molar-refractivity contribution in [2.45, 2.75) is 37.8 Å². The lowest BCUT2D eigenvalue weighted by Gasteiger charge is -2.25. The molecule has 1 aliphatic rings. The van der Waals surface area contributed by atoms with E-state index in [2.05, 4.69) is 11.8 Å². The number of benzene rings is 2. The average molecular weight is 338 g/mol. The zero-order valence-corrected chi connectivity index (χ0v) is 14.8. The monoisotopic (exact) mass is 338 g/mol. The fourth-order valence-electron chi connectivity index (χ4n) is 3.13. The lowest BCUT2D eigenvalue weighted by molar-refractivity contribution is 0.390. The molecule has 3 rings (SSSR count). The smallest absolute Gasteiger partial charge is 0.0723 e. The number of hydrogen-bond donors (Lipinski definition) is 0. The summed E-state index contributed by atoms with van der Waals surface area (Å²) in [6.07, 6.45) is 19.3. The summed E-state index contributed by atoms with van der Waals surface area (Å²) in [4.78, 5) is 9.63. The van der Waals surface area contributed by atoms with Gasteiger partial charge in [0.1, 0.15) is 0 Å². The van der Waals surface area contributed by atoms with Crippen LogP contribution in [0, 0.1) is 24.7 Å². The molecule has 2 aromatic rings. The first kappa shape index (κ1) is 17.7. The fraction of sp³-hybridized carbons (Fsp3) is 0.250. The first-order chi connectivity index (χ1) is 12.8. The number of terminal acetylenes is 2. The van der Waals surface area contributed by atoms with E-state index in [0.717, 1.165) is 35.1 Å². The lowest BCUT2D eigenvalue weighted by atomic mass is 9.91. The van der Waals surface area contributed by atoms with Crippen LogP contribution in [0.5, 0.6) is 0 Å². The zero-order valence-electron chi connectivity index (χ0n) is 14.8. The van der Waals surface area contributed by atoms with Gasteiger partial charge < -0.3 is 0 Å². The van der Waals surface area contributed by atoms with Gasteiger partial charge in [-0.3, -0.25) is 9.98 Å². The van der Waals surface area contributed by atoms with Gasteiger partial charge in [0, 0.05) is 23.6 Å². The minimum Gasteiger partial charge on any atom is -0.287 e. The Hall–Kier alpha value is -3.10. The van der Waals surface area contributed by atoms with Crippen molar-refractivity contribution in [3.63, 3.8) is 0 Å². The molecule has 0 spiro atoms. The van der Waals surface area contributed by atoms with Gasteiger partial charge in [-0.05, 0) is 48.2 Å². The maximum atomic E-state index is 5.40. The maximum Gasteiger partial charge on any atom is 0.0723 e. The normalized spacial score (nSPS) is 20.1. The molecule has 1 aliphatic carbocycles. The zero-order chi connectivity index (χ0) is 18.2. The highest BCUT2D eigenvalue weighted by Crippen LogP contribution is 2.24. The molecule has 2 nitrogen and oxygen atoms in total. The minimum atomic E-state index is 0.234. The third-order valence-electron chi connectivity index (χ3n) is 4.68. The van der Waals surface area contributed by atoms with Crippen LogP contribution < -0.4 is 0 Å². The van der Waals surface area contributed by atoms with Crippen LogP contribution in [-0.2, 0) is 0 Å². The lowest BCUT2D eigenvalue weighted by Crippen LogP contribution is -2.27. The summed E-state index contributed by atoms with van der Waals surface area (Å²) in [5, 5.41) is 0. The second-order valence-corrected chi connectivity index (χ2v) is 6.51. The summed E-state index contributed by atoms with van der Waals surface area (Å²) < 4.78 is 0. The van der Waals surface area contributed by atoms with Gasteiger partial charge in [0.15, 0.2) is 0 Å². The van der Waals surface area contributed by atoms with Crippen molar-refractivity contribution < 1.29 is 0 Å². The van der Waals surface area contributed by atoms with Gasteiger partial charge in [-0.15, -0.1) is 12.8 Å². The molecule has 0 unspecified atom stereocenters. The molecular weight excluding hydrogens is 316 g/mol. The Bertz CT molecular complexity index is 783. The molecule has 0 amide bonds. The molecule has 128 valence electrons. The summed E-state index contributed by atoms with van der Waals surface area (Å²) in [5.41, 5.74) is 3.92. The number of nitrogens with zero attached hydrogens (tertiary/aromatic N) is 2. The largest absolute Gasteiger partial charge is 0.287 e. The van der Waals surface area contributed by atoms with Crippen LogP contribution in [0.15, 0.2) is 58.5 Å². The molecule has 0 heterocycles. The Labute approximate surface area is 156 Å². The maximum absolute atomic E-state index is 5.40. The third-order valence-corrected chi connectivity index (χ3v) is 4.68. The van der Waals surface area contributed by atoms with Crippen LogP contribution in [0.3, 0.4) is 0 Å². The molecule has 0 aromatic heterocycles.